The summed E-state index contributed by atoms with van der Waals surface area (Å²) in [5, 5.41) is 7.19. The number of rotatable bonds is 3. The van der Waals surface area contributed by atoms with Crippen LogP contribution in [-0.2, 0) is 12.8 Å². The summed E-state index contributed by atoms with van der Waals surface area (Å²) in [6.45, 7) is 4.11. The number of aromatic nitrogens is 2. The molecule has 1 aliphatic carbocycles. The molecule has 3 unspecified atom stereocenters. The highest BCUT2D eigenvalue weighted by Crippen LogP contribution is 2.35. The fourth-order valence-electron chi connectivity index (χ4n) is 4.03. The zero-order valence-electron chi connectivity index (χ0n) is 14.7. The molecule has 2 aliphatic rings. The Morgan fingerprint density at radius 2 is 2.20 bits per heavy atom. The summed E-state index contributed by atoms with van der Waals surface area (Å²) in [6.07, 6.45) is 4.48. The Hall–Kier alpha value is -2.37. The molecule has 25 heavy (non-hydrogen) atoms. The fraction of sp³-hybridized carbons (Fsp3) is 0.526. The SMILES string of the molecule is CCc1noc(C2CCC(NC(=O)N3c4ccccc4CC3C)C2)n1. The highest BCUT2D eigenvalue weighted by atomic mass is 16.5. The molecule has 1 N–H and O–H groups in total. The lowest BCUT2D eigenvalue weighted by Gasteiger charge is -2.25. The highest BCUT2D eigenvalue weighted by Gasteiger charge is 2.35. The van der Waals surface area contributed by atoms with Crippen molar-refractivity contribution in [3.8, 4) is 0 Å². The standard InChI is InChI=1S/C19H24N4O2/c1-3-17-21-18(25-22-17)14-8-9-15(11-14)20-19(24)23-12(2)10-13-6-4-5-7-16(13)23/h4-7,12,14-15H,3,8-11H2,1-2H3,(H,20,24). The number of nitrogens with one attached hydrogen (secondary N) is 1. The van der Waals surface area contributed by atoms with Gasteiger partial charge in [0.25, 0.3) is 0 Å². The van der Waals surface area contributed by atoms with Crippen molar-refractivity contribution in [2.24, 2.45) is 0 Å². The zero-order chi connectivity index (χ0) is 17.4. The van der Waals surface area contributed by atoms with Gasteiger partial charge in [-0.25, -0.2) is 4.79 Å². The van der Waals surface area contributed by atoms with E-state index in [1.165, 1.54) is 5.56 Å². The molecule has 6 nitrogen and oxygen atoms in total. The first-order valence-corrected chi connectivity index (χ1v) is 9.15. The second-order valence-corrected chi connectivity index (χ2v) is 7.11. The van der Waals surface area contributed by atoms with Crippen LogP contribution in [0.5, 0.6) is 0 Å². The number of hydrogen-bond donors (Lipinski definition) is 1. The van der Waals surface area contributed by atoms with E-state index in [-0.39, 0.29) is 24.0 Å². The van der Waals surface area contributed by atoms with Crippen molar-refractivity contribution in [1.82, 2.24) is 15.5 Å². The van der Waals surface area contributed by atoms with Gasteiger partial charge in [-0.05, 0) is 44.2 Å². The van der Waals surface area contributed by atoms with Crippen molar-refractivity contribution >= 4 is 11.7 Å². The average molecular weight is 340 g/mol. The molecule has 0 spiro atoms. The van der Waals surface area contributed by atoms with Crippen LogP contribution in [0.1, 0.15) is 56.3 Å². The first kappa shape index (κ1) is 16.1. The van der Waals surface area contributed by atoms with Crippen LogP contribution in [0, 0.1) is 0 Å². The molecular weight excluding hydrogens is 316 g/mol. The second-order valence-electron chi connectivity index (χ2n) is 7.11. The second kappa shape index (κ2) is 6.50. The molecule has 2 aromatic rings. The monoisotopic (exact) mass is 340 g/mol. The molecule has 1 aliphatic heterocycles. The molecule has 1 aromatic carbocycles. The minimum Gasteiger partial charge on any atom is -0.339 e. The lowest BCUT2D eigenvalue weighted by molar-refractivity contribution is 0.241. The van der Waals surface area contributed by atoms with E-state index < -0.39 is 0 Å². The Kier molecular flexibility index (Phi) is 4.19. The summed E-state index contributed by atoms with van der Waals surface area (Å²) in [4.78, 5) is 19.2. The smallest absolute Gasteiger partial charge is 0.322 e. The van der Waals surface area contributed by atoms with Crippen LogP contribution in [0.3, 0.4) is 0 Å². The van der Waals surface area contributed by atoms with Crippen molar-refractivity contribution in [3.05, 3.63) is 41.5 Å². The van der Waals surface area contributed by atoms with E-state index in [9.17, 15) is 4.79 Å². The van der Waals surface area contributed by atoms with Gasteiger partial charge in [-0.15, -0.1) is 0 Å². The van der Waals surface area contributed by atoms with Crippen LogP contribution in [0.15, 0.2) is 28.8 Å². The van der Waals surface area contributed by atoms with Gasteiger partial charge in [-0.3, -0.25) is 4.90 Å². The number of carbonyl (C=O) groups excluding carboxylic acids is 1. The number of hydrogen-bond acceptors (Lipinski definition) is 4. The summed E-state index contributed by atoms with van der Waals surface area (Å²) in [5.41, 5.74) is 2.28. The number of amides is 2. The summed E-state index contributed by atoms with van der Waals surface area (Å²) >= 11 is 0. The topological polar surface area (TPSA) is 71.3 Å². The van der Waals surface area contributed by atoms with Crippen molar-refractivity contribution in [2.75, 3.05) is 4.90 Å². The maximum Gasteiger partial charge on any atom is 0.322 e. The van der Waals surface area contributed by atoms with Crippen LogP contribution in [0.2, 0.25) is 0 Å². The van der Waals surface area contributed by atoms with Crippen LogP contribution in [-0.4, -0.2) is 28.3 Å². The van der Waals surface area contributed by atoms with Crippen LogP contribution < -0.4 is 10.2 Å². The lowest BCUT2D eigenvalue weighted by atomic mass is 10.1. The molecule has 0 saturated heterocycles. The molecule has 2 amide bonds. The minimum atomic E-state index is 0.00266. The maximum atomic E-state index is 12.8. The number of benzene rings is 1. The van der Waals surface area contributed by atoms with E-state index >= 15 is 0 Å². The van der Waals surface area contributed by atoms with E-state index in [2.05, 4.69) is 28.4 Å². The first-order chi connectivity index (χ1) is 12.2. The molecule has 3 atom stereocenters. The van der Waals surface area contributed by atoms with Crippen molar-refractivity contribution in [2.45, 2.75) is 64.0 Å². The van der Waals surface area contributed by atoms with Crippen LogP contribution in [0.25, 0.3) is 0 Å². The van der Waals surface area contributed by atoms with Crippen LogP contribution >= 0.6 is 0 Å². The van der Waals surface area contributed by atoms with E-state index in [1.807, 2.05) is 30.0 Å². The summed E-state index contributed by atoms with van der Waals surface area (Å²) in [6, 6.07) is 8.51. The molecule has 4 rings (SSSR count). The molecule has 0 radical (unpaired) electrons. The average Bonchev–Trinajstić information content (AvgIpc) is 3.31. The van der Waals surface area contributed by atoms with Gasteiger partial charge in [0.15, 0.2) is 5.82 Å². The predicted octanol–water partition coefficient (Wildman–Crippen LogP) is 3.43. The quantitative estimate of drug-likeness (QED) is 0.929. The van der Waals surface area contributed by atoms with E-state index in [0.29, 0.717) is 5.89 Å². The van der Waals surface area contributed by atoms with E-state index in [1.54, 1.807) is 0 Å². The third-order valence-electron chi connectivity index (χ3n) is 5.34. The van der Waals surface area contributed by atoms with Crippen molar-refractivity contribution in [3.63, 3.8) is 0 Å². The van der Waals surface area contributed by atoms with Gasteiger partial charge in [0.2, 0.25) is 5.89 Å². The van der Waals surface area contributed by atoms with Crippen LogP contribution in [0.4, 0.5) is 10.5 Å². The fourth-order valence-corrected chi connectivity index (χ4v) is 4.03. The van der Waals surface area contributed by atoms with Gasteiger partial charge in [-0.2, -0.15) is 4.98 Å². The van der Waals surface area contributed by atoms with Gasteiger partial charge in [0.1, 0.15) is 0 Å². The Morgan fingerprint density at radius 3 is 3.00 bits per heavy atom. The largest absolute Gasteiger partial charge is 0.339 e. The van der Waals surface area contributed by atoms with Gasteiger partial charge >= 0.3 is 6.03 Å². The van der Waals surface area contributed by atoms with Gasteiger partial charge in [0, 0.05) is 30.1 Å². The van der Waals surface area contributed by atoms with Gasteiger partial charge in [0.05, 0.1) is 0 Å². The Balaban J connectivity index is 1.40. The third kappa shape index (κ3) is 3.01. The zero-order valence-corrected chi connectivity index (χ0v) is 14.7. The van der Waals surface area contributed by atoms with Crippen molar-refractivity contribution in [1.29, 1.82) is 0 Å². The normalized spacial score (nSPS) is 25.2. The predicted molar refractivity (Wildman–Crippen MR) is 94.7 cm³/mol. The number of anilines is 1. The van der Waals surface area contributed by atoms with Gasteiger partial charge < -0.3 is 9.84 Å². The number of nitrogens with zero attached hydrogens (tertiary/aromatic N) is 3. The Bertz CT molecular complexity index is 772. The minimum absolute atomic E-state index is 0.00266. The first-order valence-electron chi connectivity index (χ1n) is 9.15. The molecule has 6 heteroatoms. The molecule has 2 heterocycles. The number of fused-ring (bicyclic) bond motifs is 1. The molecule has 1 fully saturated rings. The summed E-state index contributed by atoms with van der Waals surface area (Å²) in [7, 11) is 0. The third-order valence-corrected chi connectivity index (χ3v) is 5.34. The maximum absolute atomic E-state index is 12.8. The molecule has 1 saturated carbocycles. The molecule has 0 bridgehead atoms. The highest BCUT2D eigenvalue weighted by molar-refractivity contribution is 5.95. The summed E-state index contributed by atoms with van der Waals surface area (Å²) < 4.78 is 5.37. The molecule has 1 aromatic heterocycles. The number of carbonyl (C=O) groups is 1. The molecular formula is C19H24N4O2. The Morgan fingerprint density at radius 1 is 1.36 bits per heavy atom. The lowest BCUT2D eigenvalue weighted by Crippen LogP contribution is -2.46. The summed E-state index contributed by atoms with van der Waals surface area (Å²) in [5.74, 6) is 1.72. The van der Waals surface area contributed by atoms with Crippen molar-refractivity contribution < 1.29 is 9.32 Å². The van der Waals surface area contributed by atoms with E-state index in [0.717, 1.165) is 43.6 Å². The molecule has 132 valence electrons. The number of aryl methyl sites for hydroxylation is 1. The number of urea groups is 1. The van der Waals surface area contributed by atoms with E-state index in [4.69, 9.17) is 4.52 Å². The van der Waals surface area contributed by atoms with Gasteiger partial charge in [-0.1, -0.05) is 30.3 Å². The Labute approximate surface area is 147 Å². The number of para-hydroxylation sites is 1.